The zero-order valence-electron chi connectivity index (χ0n) is 11.8. The van der Waals surface area contributed by atoms with E-state index in [-0.39, 0.29) is 0 Å². The lowest BCUT2D eigenvalue weighted by Gasteiger charge is -2.40. The topological polar surface area (TPSA) is 15.3 Å². The van der Waals surface area contributed by atoms with Crippen LogP contribution in [0.25, 0.3) is 0 Å². The second-order valence-corrected chi connectivity index (χ2v) is 6.10. The summed E-state index contributed by atoms with van der Waals surface area (Å²) < 4.78 is 0. The molecule has 2 heteroatoms. The first-order valence-electron chi connectivity index (χ1n) is 7.76. The van der Waals surface area contributed by atoms with Crippen molar-refractivity contribution in [1.82, 2.24) is 10.2 Å². The maximum absolute atomic E-state index is 3.48. The summed E-state index contributed by atoms with van der Waals surface area (Å²) in [7, 11) is 0. The van der Waals surface area contributed by atoms with Crippen molar-refractivity contribution in [3.63, 3.8) is 0 Å². The summed E-state index contributed by atoms with van der Waals surface area (Å²) >= 11 is 0. The SMILES string of the molecule is CCCC1CCN(C(C)C2CCNCC2)CC1. The number of hydrogen-bond acceptors (Lipinski definition) is 2. The largest absolute Gasteiger partial charge is 0.317 e. The Hall–Kier alpha value is -0.0800. The minimum Gasteiger partial charge on any atom is -0.317 e. The van der Waals surface area contributed by atoms with Gasteiger partial charge in [0.1, 0.15) is 0 Å². The van der Waals surface area contributed by atoms with Gasteiger partial charge in [-0.2, -0.15) is 0 Å². The van der Waals surface area contributed by atoms with Gasteiger partial charge in [0.15, 0.2) is 0 Å². The lowest BCUT2D eigenvalue weighted by Crippen LogP contribution is -2.46. The molecular weight excluding hydrogens is 208 g/mol. The third kappa shape index (κ3) is 3.69. The van der Waals surface area contributed by atoms with Crippen LogP contribution in [0.5, 0.6) is 0 Å². The minimum absolute atomic E-state index is 0.819. The average molecular weight is 238 g/mol. The Morgan fingerprint density at radius 3 is 2.35 bits per heavy atom. The lowest BCUT2D eigenvalue weighted by molar-refractivity contribution is 0.0900. The average Bonchev–Trinajstić information content (AvgIpc) is 2.40. The van der Waals surface area contributed by atoms with Gasteiger partial charge < -0.3 is 10.2 Å². The van der Waals surface area contributed by atoms with E-state index in [1.807, 2.05) is 0 Å². The molecule has 2 aliphatic rings. The summed E-state index contributed by atoms with van der Waals surface area (Å²) in [6, 6.07) is 0.819. The fourth-order valence-electron chi connectivity index (χ4n) is 3.68. The molecule has 2 rings (SSSR count). The molecule has 0 saturated carbocycles. The molecule has 1 atom stereocenters. The van der Waals surface area contributed by atoms with Gasteiger partial charge in [-0.05, 0) is 70.6 Å². The van der Waals surface area contributed by atoms with E-state index in [4.69, 9.17) is 0 Å². The van der Waals surface area contributed by atoms with Gasteiger partial charge in [-0.25, -0.2) is 0 Å². The fraction of sp³-hybridized carbons (Fsp3) is 1.00. The molecule has 2 saturated heterocycles. The second kappa shape index (κ2) is 6.75. The molecule has 0 aromatic carbocycles. The Morgan fingerprint density at radius 1 is 1.12 bits per heavy atom. The Bertz CT molecular complexity index is 203. The first-order chi connectivity index (χ1) is 8.31. The van der Waals surface area contributed by atoms with Crippen molar-refractivity contribution in [2.24, 2.45) is 11.8 Å². The number of nitrogens with zero attached hydrogens (tertiary/aromatic N) is 1. The van der Waals surface area contributed by atoms with Gasteiger partial charge in [0.25, 0.3) is 0 Å². The Balaban J connectivity index is 1.75. The van der Waals surface area contributed by atoms with Crippen LogP contribution >= 0.6 is 0 Å². The van der Waals surface area contributed by atoms with Crippen LogP contribution in [0.4, 0.5) is 0 Å². The molecular formula is C15H30N2. The zero-order chi connectivity index (χ0) is 12.1. The summed E-state index contributed by atoms with van der Waals surface area (Å²) in [6.07, 6.45) is 8.49. The van der Waals surface area contributed by atoms with E-state index in [2.05, 4.69) is 24.1 Å². The Morgan fingerprint density at radius 2 is 1.76 bits per heavy atom. The van der Waals surface area contributed by atoms with Crippen LogP contribution in [0.1, 0.15) is 52.4 Å². The highest BCUT2D eigenvalue weighted by Crippen LogP contribution is 2.27. The van der Waals surface area contributed by atoms with E-state index in [9.17, 15) is 0 Å². The molecule has 17 heavy (non-hydrogen) atoms. The first-order valence-corrected chi connectivity index (χ1v) is 7.76. The third-order valence-corrected chi connectivity index (χ3v) is 4.99. The van der Waals surface area contributed by atoms with Crippen LogP contribution in [-0.2, 0) is 0 Å². The standard InChI is InChI=1S/C15H30N2/c1-3-4-14-7-11-17(12-8-14)13(2)15-5-9-16-10-6-15/h13-16H,3-12H2,1-2H3. The molecule has 0 aromatic heterocycles. The number of hydrogen-bond donors (Lipinski definition) is 1. The lowest BCUT2D eigenvalue weighted by atomic mass is 9.87. The van der Waals surface area contributed by atoms with E-state index in [1.54, 1.807) is 0 Å². The molecule has 0 aliphatic carbocycles. The van der Waals surface area contributed by atoms with Crippen molar-refractivity contribution in [1.29, 1.82) is 0 Å². The van der Waals surface area contributed by atoms with Crippen molar-refractivity contribution >= 4 is 0 Å². The Kier molecular flexibility index (Phi) is 5.30. The van der Waals surface area contributed by atoms with Crippen molar-refractivity contribution in [2.75, 3.05) is 26.2 Å². The normalized spacial score (nSPS) is 27.2. The van der Waals surface area contributed by atoms with Gasteiger partial charge in [-0.1, -0.05) is 19.8 Å². The highest BCUT2D eigenvalue weighted by atomic mass is 15.2. The number of rotatable bonds is 4. The van der Waals surface area contributed by atoms with Gasteiger partial charge in [-0.15, -0.1) is 0 Å². The summed E-state index contributed by atoms with van der Waals surface area (Å²) in [5.41, 5.74) is 0. The molecule has 0 amide bonds. The number of piperidine rings is 2. The van der Waals surface area contributed by atoms with Crippen molar-refractivity contribution < 1.29 is 0 Å². The third-order valence-electron chi connectivity index (χ3n) is 4.99. The predicted octanol–water partition coefficient (Wildman–Crippen LogP) is 2.89. The maximum atomic E-state index is 3.48. The molecule has 2 fully saturated rings. The molecule has 0 aromatic rings. The zero-order valence-corrected chi connectivity index (χ0v) is 11.8. The summed E-state index contributed by atoms with van der Waals surface area (Å²) in [4.78, 5) is 2.77. The molecule has 1 N–H and O–H groups in total. The van der Waals surface area contributed by atoms with Gasteiger partial charge >= 0.3 is 0 Å². The van der Waals surface area contributed by atoms with Crippen LogP contribution in [0.3, 0.4) is 0 Å². The molecule has 0 bridgehead atoms. The molecule has 2 aliphatic heterocycles. The highest BCUT2D eigenvalue weighted by molar-refractivity contribution is 4.83. The minimum atomic E-state index is 0.819. The molecule has 1 unspecified atom stereocenters. The molecule has 2 heterocycles. The second-order valence-electron chi connectivity index (χ2n) is 6.10. The van der Waals surface area contributed by atoms with Gasteiger partial charge in [0.2, 0.25) is 0 Å². The molecule has 0 spiro atoms. The van der Waals surface area contributed by atoms with Crippen LogP contribution < -0.4 is 5.32 Å². The highest BCUT2D eigenvalue weighted by Gasteiger charge is 2.28. The van der Waals surface area contributed by atoms with Gasteiger partial charge in [0.05, 0.1) is 0 Å². The van der Waals surface area contributed by atoms with E-state index < -0.39 is 0 Å². The summed E-state index contributed by atoms with van der Waals surface area (Å²) in [5.74, 6) is 1.97. The van der Waals surface area contributed by atoms with E-state index in [0.29, 0.717) is 0 Å². The van der Waals surface area contributed by atoms with Crippen LogP contribution in [-0.4, -0.2) is 37.1 Å². The smallest absolute Gasteiger partial charge is 0.00961 e. The summed E-state index contributed by atoms with van der Waals surface area (Å²) in [6.45, 7) is 9.98. The van der Waals surface area contributed by atoms with Gasteiger partial charge in [0, 0.05) is 6.04 Å². The molecule has 2 nitrogen and oxygen atoms in total. The number of nitrogens with one attached hydrogen (secondary N) is 1. The van der Waals surface area contributed by atoms with Gasteiger partial charge in [-0.3, -0.25) is 0 Å². The summed E-state index contributed by atoms with van der Waals surface area (Å²) in [5, 5.41) is 3.48. The molecule has 0 radical (unpaired) electrons. The molecule has 100 valence electrons. The number of likely N-dealkylation sites (tertiary alicyclic amines) is 1. The van der Waals surface area contributed by atoms with Crippen molar-refractivity contribution in [3.8, 4) is 0 Å². The monoisotopic (exact) mass is 238 g/mol. The van der Waals surface area contributed by atoms with Crippen molar-refractivity contribution in [2.45, 2.75) is 58.4 Å². The van der Waals surface area contributed by atoms with Crippen LogP contribution in [0.2, 0.25) is 0 Å². The van der Waals surface area contributed by atoms with Crippen molar-refractivity contribution in [3.05, 3.63) is 0 Å². The van der Waals surface area contributed by atoms with E-state index in [0.717, 1.165) is 17.9 Å². The first kappa shape index (κ1) is 13.4. The fourth-order valence-corrected chi connectivity index (χ4v) is 3.68. The maximum Gasteiger partial charge on any atom is 0.00961 e. The quantitative estimate of drug-likeness (QED) is 0.810. The van der Waals surface area contributed by atoms with E-state index >= 15 is 0 Å². The predicted molar refractivity (Wildman–Crippen MR) is 74.3 cm³/mol. The Labute approximate surface area is 107 Å². The van der Waals surface area contributed by atoms with Crippen LogP contribution in [0.15, 0.2) is 0 Å². The van der Waals surface area contributed by atoms with Crippen LogP contribution in [0, 0.1) is 11.8 Å². The van der Waals surface area contributed by atoms with E-state index in [1.165, 1.54) is 64.7 Å².